The highest BCUT2D eigenvalue weighted by molar-refractivity contribution is 5.07. The number of nitrogens with zero attached hydrogens (tertiary/aromatic N) is 3. The quantitative estimate of drug-likeness (QED) is 0.833. The fourth-order valence-electron chi connectivity index (χ4n) is 2.44. The molecule has 5 heteroatoms. The molecule has 0 atom stereocenters. The molecule has 1 saturated carbocycles. The molecule has 0 unspecified atom stereocenters. The normalized spacial score (nSPS) is 23.8. The predicted molar refractivity (Wildman–Crippen MR) is 59.8 cm³/mol. The Morgan fingerprint density at radius 3 is 2.50 bits per heavy atom. The average molecular weight is 222 g/mol. The van der Waals surface area contributed by atoms with E-state index >= 15 is 0 Å². The molecular weight excluding hydrogens is 204 g/mol. The number of aromatic nitrogens is 2. The average Bonchev–Trinajstić information content (AvgIpc) is 3.00. The Labute approximate surface area is 95.0 Å². The second-order valence-corrected chi connectivity index (χ2v) is 5.00. The van der Waals surface area contributed by atoms with Crippen LogP contribution in [0.3, 0.4) is 0 Å². The molecule has 16 heavy (non-hydrogen) atoms. The van der Waals surface area contributed by atoms with Crippen LogP contribution in [0.5, 0.6) is 0 Å². The van der Waals surface area contributed by atoms with Gasteiger partial charge < -0.3 is 15.1 Å². The van der Waals surface area contributed by atoms with Gasteiger partial charge in [0, 0.05) is 12.5 Å². The lowest BCUT2D eigenvalue weighted by molar-refractivity contribution is 0.193. The van der Waals surface area contributed by atoms with E-state index in [0.29, 0.717) is 5.92 Å². The summed E-state index contributed by atoms with van der Waals surface area (Å²) in [5.41, 5.74) is 5.44. The van der Waals surface area contributed by atoms with Crippen LogP contribution in [0.1, 0.15) is 37.5 Å². The smallest absolute Gasteiger partial charge is 0.312 e. The van der Waals surface area contributed by atoms with Crippen LogP contribution in [0, 0.1) is 5.92 Å². The first-order valence-electron chi connectivity index (χ1n) is 6.12. The van der Waals surface area contributed by atoms with Gasteiger partial charge in [0.15, 0.2) is 0 Å². The molecule has 5 nitrogen and oxygen atoms in total. The Balaban J connectivity index is 1.53. The highest BCUT2D eigenvalue weighted by Crippen LogP contribution is 2.33. The van der Waals surface area contributed by atoms with E-state index < -0.39 is 0 Å². The topological polar surface area (TPSA) is 68.2 Å². The highest BCUT2D eigenvalue weighted by Gasteiger charge is 2.29. The van der Waals surface area contributed by atoms with E-state index in [1.807, 2.05) is 0 Å². The van der Waals surface area contributed by atoms with Crippen molar-refractivity contribution in [2.45, 2.75) is 31.6 Å². The minimum atomic E-state index is 0.190. The largest absolute Gasteiger partial charge is 0.408 e. The first-order chi connectivity index (χ1) is 7.81. The second kappa shape index (κ2) is 4.05. The van der Waals surface area contributed by atoms with E-state index in [1.165, 1.54) is 19.4 Å². The fourth-order valence-corrected chi connectivity index (χ4v) is 2.44. The van der Waals surface area contributed by atoms with E-state index in [0.717, 1.165) is 37.7 Å². The van der Waals surface area contributed by atoms with Crippen LogP contribution >= 0.6 is 0 Å². The summed E-state index contributed by atoms with van der Waals surface area (Å²) in [6, 6.07) is 0.190. The minimum Gasteiger partial charge on any atom is -0.408 e. The third kappa shape index (κ3) is 2.19. The molecule has 1 aliphatic carbocycles. The van der Waals surface area contributed by atoms with Gasteiger partial charge in [0.05, 0.1) is 0 Å². The van der Waals surface area contributed by atoms with Crippen LogP contribution in [0.15, 0.2) is 4.42 Å². The Morgan fingerprint density at radius 2 is 1.94 bits per heavy atom. The number of hydrogen-bond acceptors (Lipinski definition) is 5. The molecule has 0 bridgehead atoms. The zero-order valence-electron chi connectivity index (χ0n) is 9.43. The zero-order valence-corrected chi connectivity index (χ0v) is 9.43. The lowest BCUT2D eigenvalue weighted by Crippen LogP contribution is -2.34. The van der Waals surface area contributed by atoms with Crippen molar-refractivity contribution in [2.75, 3.05) is 25.4 Å². The number of nitrogen functional groups attached to an aromatic ring is 1. The third-order valence-electron chi connectivity index (χ3n) is 3.61. The molecule has 1 aromatic heterocycles. The van der Waals surface area contributed by atoms with Crippen molar-refractivity contribution in [1.29, 1.82) is 0 Å². The van der Waals surface area contributed by atoms with Gasteiger partial charge in [0.1, 0.15) is 0 Å². The van der Waals surface area contributed by atoms with Gasteiger partial charge in [-0.1, -0.05) is 5.10 Å². The molecule has 2 heterocycles. The van der Waals surface area contributed by atoms with Gasteiger partial charge in [-0.2, -0.15) is 0 Å². The first-order valence-corrected chi connectivity index (χ1v) is 6.12. The van der Waals surface area contributed by atoms with Gasteiger partial charge in [-0.05, 0) is 44.7 Å². The molecule has 1 aliphatic heterocycles. The molecular formula is C11H18N4O. The molecule has 0 aromatic carbocycles. The Hall–Kier alpha value is -1.10. The van der Waals surface area contributed by atoms with E-state index in [1.54, 1.807) is 0 Å². The van der Waals surface area contributed by atoms with E-state index in [-0.39, 0.29) is 6.01 Å². The van der Waals surface area contributed by atoms with Crippen molar-refractivity contribution in [3.05, 3.63) is 5.89 Å². The van der Waals surface area contributed by atoms with Crippen molar-refractivity contribution in [1.82, 2.24) is 15.1 Å². The van der Waals surface area contributed by atoms with Crippen molar-refractivity contribution in [3.63, 3.8) is 0 Å². The van der Waals surface area contributed by atoms with Gasteiger partial charge in [0.2, 0.25) is 5.89 Å². The summed E-state index contributed by atoms with van der Waals surface area (Å²) in [6.07, 6.45) is 5.10. The summed E-state index contributed by atoms with van der Waals surface area (Å²) in [5.74, 6) is 2.12. The van der Waals surface area contributed by atoms with Crippen molar-refractivity contribution >= 4 is 6.01 Å². The van der Waals surface area contributed by atoms with Crippen LogP contribution in [-0.4, -0.2) is 34.7 Å². The van der Waals surface area contributed by atoms with Crippen LogP contribution < -0.4 is 5.73 Å². The van der Waals surface area contributed by atoms with Gasteiger partial charge in [-0.25, -0.2) is 0 Å². The van der Waals surface area contributed by atoms with Crippen LogP contribution in [0.2, 0.25) is 0 Å². The maximum atomic E-state index is 5.44. The predicted octanol–water partition coefficient (Wildman–Crippen LogP) is 1.24. The SMILES string of the molecule is Nc1nnc(C2CCN(CC3CC3)CC2)o1. The van der Waals surface area contributed by atoms with E-state index in [4.69, 9.17) is 10.2 Å². The van der Waals surface area contributed by atoms with Gasteiger partial charge in [-0.3, -0.25) is 0 Å². The lowest BCUT2D eigenvalue weighted by atomic mass is 9.97. The van der Waals surface area contributed by atoms with Crippen molar-refractivity contribution in [2.24, 2.45) is 5.92 Å². The lowest BCUT2D eigenvalue weighted by Gasteiger charge is -2.30. The molecule has 88 valence electrons. The monoisotopic (exact) mass is 222 g/mol. The van der Waals surface area contributed by atoms with Crippen molar-refractivity contribution in [3.8, 4) is 0 Å². The minimum absolute atomic E-state index is 0.190. The van der Waals surface area contributed by atoms with Crippen LogP contribution in [0.4, 0.5) is 6.01 Å². The third-order valence-corrected chi connectivity index (χ3v) is 3.61. The Morgan fingerprint density at radius 1 is 1.19 bits per heavy atom. The molecule has 0 amide bonds. The molecule has 1 aromatic rings. The number of likely N-dealkylation sites (tertiary alicyclic amines) is 1. The Kier molecular flexibility index (Phi) is 2.55. The molecule has 2 N–H and O–H groups in total. The van der Waals surface area contributed by atoms with Gasteiger partial charge in [-0.15, -0.1) is 5.10 Å². The molecule has 0 spiro atoms. The van der Waals surface area contributed by atoms with Crippen LogP contribution in [0.25, 0.3) is 0 Å². The maximum Gasteiger partial charge on any atom is 0.312 e. The zero-order chi connectivity index (χ0) is 11.0. The van der Waals surface area contributed by atoms with E-state index in [9.17, 15) is 0 Å². The summed E-state index contributed by atoms with van der Waals surface area (Å²) in [7, 11) is 0. The first kappa shape index (κ1) is 10.1. The number of nitrogens with two attached hydrogens (primary N) is 1. The number of hydrogen-bond donors (Lipinski definition) is 1. The number of anilines is 1. The summed E-state index contributed by atoms with van der Waals surface area (Å²) in [4.78, 5) is 2.56. The second-order valence-electron chi connectivity index (χ2n) is 5.00. The Bertz CT molecular complexity index is 353. The van der Waals surface area contributed by atoms with Crippen molar-refractivity contribution < 1.29 is 4.42 Å². The van der Waals surface area contributed by atoms with Gasteiger partial charge in [0.25, 0.3) is 0 Å². The summed E-state index contributed by atoms with van der Waals surface area (Å²) in [6.45, 7) is 3.60. The molecule has 2 fully saturated rings. The summed E-state index contributed by atoms with van der Waals surface area (Å²) < 4.78 is 5.29. The molecule has 3 rings (SSSR count). The molecule has 2 aliphatic rings. The summed E-state index contributed by atoms with van der Waals surface area (Å²) >= 11 is 0. The van der Waals surface area contributed by atoms with Gasteiger partial charge >= 0.3 is 6.01 Å². The molecule has 0 radical (unpaired) electrons. The molecule has 1 saturated heterocycles. The standard InChI is InChI=1S/C11H18N4O/c12-11-14-13-10(16-11)9-3-5-15(6-4-9)7-8-1-2-8/h8-9H,1-7H2,(H2,12,14). The highest BCUT2D eigenvalue weighted by atomic mass is 16.4. The summed E-state index contributed by atoms with van der Waals surface area (Å²) in [5, 5.41) is 7.69. The number of piperidine rings is 1. The fraction of sp³-hybridized carbons (Fsp3) is 0.818. The van der Waals surface area contributed by atoms with Crippen LogP contribution in [-0.2, 0) is 0 Å². The number of rotatable bonds is 3. The van der Waals surface area contributed by atoms with E-state index in [2.05, 4.69) is 15.1 Å². The maximum absolute atomic E-state index is 5.44.